The molecule has 27 heavy (non-hydrogen) atoms. The number of rotatable bonds is 6. The molecule has 0 radical (unpaired) electrons. The van der Waals surface area contributed by atoms with Gasteiger partial charge in [-0.05, 0) is 110 Å². The highest BCUT2D eigenvalue weighted by Gasteiger charge is 2.13. The van der Waals surface area contributed by atoms with Crippen molar-refractivity contribution in [1.29, 1.82) is 5.26 Å². The van der Waals surface area contributed by atoms with Crippen LogP contribution in [0.4, 0.5) is 0 Å². The number of ether oxygens (including phenoxy) is 1. The molecule has 0 spiro atoms. The number of carbonyl (C=O) groups is 1. The highest BCUT2D eigenvalue weighted by Crippen LogP contribution is 2.36. The monoisotopic (exact) mass is 602 g/mol. The van der Waals surface area contributed by atoms with Gasteiger partial charge in [0, 0.05) is 9.61 Å². The molecule has 0 atom stereocenters. The third kappa shape index (κ3) is 6.63. The average molecular weight is 604 g/mol. The zero-order chi connectivity index (χ0) is 20.0. The van der Waals surface area contributed by atoms with E-state index >= 15 is 0 Å². The number of nitrogens with one attached hydrogen (secondary N) is 1. The Morgan fingerprint density at radius 2 is 1.85 bits per heavy atom. The zero-order valence-electron chi connectivity index (χ0n) is 14.7. The topological polar surface area (TPSA) is 62.1 Å². The maximum Gasteiger partial charge on any atom is 0.262 e. The fourth-order valence-corrected chi connectivity index (χ4v) is 4.00. The lowest BCUT2D eigenvalue weighted by Crippen LogP contribution is -2.30. The van der Waals surface area contributed by atoms with E-state index in [1.165, 1.54) is 3.57 Å². The third-order valence-electron chi connectivity index (χ3n) is 3.41. The molecular weight excluding hydrogens is 587 g/mol. The van der Waals surface area contributed by atoms with Crippen LogP contribution >= 0.6 is 54.5 Å². The fourth-order valence-electron chi connectivity index (χ4n) is 2.19. The van der Waals surface area contributed by atoms with Gasteiger partial charge in [0.2, 0.25) is 0 Å². The van der Waals surface area contributed by atoms with Gasteiger partial charge in [-0.15, -0.1) is 0 Å². The molecular formula is C20H17Br2IN2O2. The Morgan fingerprint density at radius 1 is 1.26 bits per heavy atom. The second-order valence-corrected chi connectivity index (χ2v) is 8.98. The first-order chi connectivity index (χ1) is 12.8. The lowest BCUT2D eigenvalue weighted by molar-refractivity contribution is -0.117. The molecule has 2 aromatic carbocycles. The molecule has 0 unspecified atom stereocenters. The van der Waals surface area contributed by atoms with E-state index in [1.807, 2.05) is 56.3 Å². The summed E-state index contributed by atoms with van der Waals surface area (Å²) in [5.74, 6) is 0.273. The van der Waals surface area contributed by atoms with Gasteiger partial charge in [-0.2, -0.15) is 5.26 Å². The molecule has 2 aromatic rings. The van der Waals surface area contributed by atoms with E-state index < -0.39 is 5.91 Å². The molecule has 7 heteroatoms. The van der Waals surface area contributed by atoms with Gasteiger partial charge in [0.05, 0.1) is 8.95 Å². The summed E-state index contributed by atoms with van der Waals surface area (Å²) in [6.45, 7) is 4.13. The van der Waals surface area contributed by atoms with E-state index in [0.717, 1.165) is 14.5 Å². The molecule has 4 nitrogen and oxygen atoms in total. The first-order valence-electron chi connectivity index (χ1n) is 8.09. The van der Waals surface area contributed by atoms with Crippen LogP contribution in [-0.4, -0.2) is 11.9 Å². The molecule has 0 aliphatic heterocycles. The molecule has 0 fully saturated rings. The lowest BCUT2D eigenvalue weighted by Gasteiger charge is -2.12. The zero-order valence-corrected chi connectivity index (χ0v) is 20.1. The van der Waals surface area contributed by atoms with Crippen molar-refractivity contribution in [2.45, 2.75) is 26.5 Å². The van der Waals surface area contributed by atoms with Crippen LogP contribution < -0.4 is 10.1 Å². The summed E-state index contributed by atoms with van der Waals surface area (Å²) in [6.07, 6.45) is 1.55. The second-order valence-electron chi connectivity index (χ2n) is 6.03. The van der Waals surface area contributed by atoms with Crippen LogP contribution in [0.15, 0.2) is 50.9 Å². The lowest BCUT2D eigenvalue weighted by atomic mass is 10.1. The summed E-state index contributed by atoms with van der Waals surface area (Å²) in [6, 6.07) is 13.6. The Kier molecular flexibility index (Phi) is 8.32. The predicted octanol–water partition coefficient (Wildman–Crippen LogP) is 5.83. The van der Waals surface area contributed by atoms with Crippen LogP contribution in [-0.2, 0) is 11.4 Å². The van der Waals surface area contributed by atoms with Gasteiger partial charge in [0.25, 0.3) is 5.91 Å². The molecule has 0 heterocycles. The molecule has 0 saturated carbocycles. The van der Waals surface area contributed by atoms with Crippen LogP contribution in [0, 0.1) is 14.9 Å². The summed E-state index contributed by atoms with van der Waals surface area (Å²) < 4.78 is 8.55. The average Bonchev–Trinajstić information content (AvgIpc) is 2.59. The second kappa shape index (κ2) is 10.2. The number of hydrogen-bond acceptors (Lipinski definition) is 3. The van der Waals surface area contributed by atoms with Gasteiger partial charge < -0.3 is 10.1 Å². The minimum atomic E-state index is -0.390. The first kappa shape index (κ1) is 21.9. The highest BCUT2D eigenvalue weighted by molar-refractivity contribution is 14.1. The number of carbonyl (C=O) groups excluding carboxylic acids is 1. The first-order valence-corrected chi connectivity index (χ1v) is 10.8. The number of benzene rings is 2. The van der Waals surface area contributed by atoms with Crippen molar-refractivity contribution in [1.82, 2.24) is 5.32 Å². The fraction of sp³-hybridized carbons (Fsp3) is 0.200. The predicted molar refractivity (Wildman–Crippen MR) is 122 cm³/mol. The van der Waals surface area contributed by atoms with Crippen LogP contribution in [0.2, 0.25) is 0 Å². The van der Waals surface area contributed by atoms with Crippen LogP contribution in [0.1, 0.15) is 25.0 Å². The van der Waals surface area contributed by atoms with Gasteiger partial charge >= 0.3 is 0 Å². The van der Waals surface area contributed by atoms with Crippen molar-refractivity contribution < 1.29 is 9.53 Å². The largest absolute Gasteiger partial charge is 0.487 e. The molecule has 0 bridgehead atoms. The van der Waals surface area contributed by atoms with Crippen molar-refractivity contribution >= 4 is 66.4 Å². The quantitative estimate of drug-likeness (QED) is 0.257. The number of halogens is 3. The number of nitrogens with zero attached hydrogens (tertiary/aromatic N) is 1. The van der Waals surface area contributed by atoms with E-state index in [2.05, 4.69) is 59.8 Å². The van der Waals surface area contributed by atoms with Crippen molar-refractivity contribution in [3.8, 4) is 11.8 Å². The molecule has 0 aliphatic rings. The van der Waals surface area contributed by atoms with Gasteiger partial charge in [0.15, 0.2) is 0 Å². The number of hydrogen-bond donors (Lipinski definition) is 1. The Morgan fingerprint density at radius 3 is 2.37 bits per heavy atom. The maximum atomic E-state index is 12.1. The molecule has 140 valence electrons. The highest BCUT2D eigenvalue weighted by atomic mass is 127. The Bertz CT molecular complexity index is 880. The summed E-state index contributed by atoms with van der Waals surface area (Å²) in [5.41, 5.74) is 1.83. The van der Waals surface area contributed by atoms with Gasteiger partial charge in [-0.25, -0.2) is 0 Å². The summed E-state index contributed by atoms with van der Waals surface area (Å²) in [5, 5.41) is 12.0. The molecule has 2 rings (SSSR count). The standard InChI is InChI=1S/C20H17Br2IN2O2/c1-12(2)25-20(26)15(10-24)7-14-8-17(21)19(18(22)9-14)27-11-13-3-5-16(23)6-4-13/h3-9,12H,11H2,1-2H3,(H,25,26)/b15-7-. The summed E-state index contributed by atoms with van der Waals surface area (Å²) >= 11 is 9.27. The van der Waals surface area contributed by atoms with Gasteiger partial charge in [0.1, 0.15) is 24.0 Å². The summed E-state index contributed by atoms with van der Waals surface area (Å²) in [7, 11) is 0. The third-order valence-corrected chi connectivity index (χ3v) is 5.31. The van der Waals surface area contributed by atoms with E-state index in [1.54, 1.807) is 6.08 Å². The molecule has 1 N–H and O–H groups in total. The molecule has 0 aliphatic carbocycles. The van der Waals surface area contributed by atoms with Crippen LogP contribution in [0.25, 0.3) is 6.08 Å². The van der Waals surface area contributed by atoms with Gasteiger partial charge in [-0.1, -0.05) is 12.1 Å². The molecule has 0 aromatic heterocycles. The Hall–Kier alpha value is -1.37. The van der Waals surface area contributed by atoms with E-state index in [-0.39, 0.29) is 11.6 Å². The van der Waals surface area contributed by atoms with Gasteiger partial charge in [-0.3, -0.25) is 4.79 Å². The van der Waals surface area contributed by atoms with Crippen LogP contribution in [0.5, 0.6) is 5.75 Å². The van der Waals surface area contributed by atoms with E-state index in [4.69, 9.17) is 4.74 Å². The van der Waals surface area contributed by atoms with E-state index in [9.17, 15) is 10.1 Å². The smallest absolute Gasteiger partial charge is 0.262 e. The Balaban J connectivity index is 2.20. The van der Waals surface area contributed by atoms with Crippen LogP contribution in [0.3, 0.4) is 0 Å². The normalized spacial score (nSPS) is 11.2. The number of nitriles is 1. The molecule has 0 saturated heterocycles. The minimum Gasteiger partial charge on any atom is -0.487 e. The minimum absolute atomic E-state index is 0.0373. The maximum absolute atomic E-state index is 12.1. The number of amides is 1. The Labute approximate surface area is 189 Å². The summed E-state index contributed by atoms with van der Waals surface area (Å²) in [4.78, 5) is 12.1. The SMILES string of the molecule is CC(C)NC(=O)/C(C#N)=C\c1cc(Br)c(OCc2ccc(I)cc2)c(Br)c1. The molecule has 1 amide bonds. The van der Waals surface area contributed by atoms with E-state index in [0.29, 0.717) is 17.9 Å². The van der Waals surface area contributed by atoms with Crippen molar-refractivity contribution in [2.24, 2.45) is 0 Å². The van der Waals surface area contributed by atoms with Crippen molar-refractivity contribution in [3.05, 3.63) is 65.6 Å². The van der Waals surface area contributed by atoms with Crippen molar-refractivity contribution in [3.63, 3.8) is 0 Å². The van der Waals surface area contributed by atoms with Crippen molar-refractivity contribution in [2.75, 3.05) is 0 Å².